The van der Waals surface area contributed by atoms with E-state index < -0.39 is 0 Å². The Morgan fingerprint density at radius 1 is 1.11 bits per heavy atom. The molecule has 1 N–H and O–H groups in total. The summed E-state index contributed by atoms with van der Waals surface area (Å²) in [6.45, 7) is 11.1. The van der Waals surface area contributed by atoms with Crippen molar-refractivity contribution in [2.45, 2.75) is 53.5 Å². The molecule has 0 saturated carbocycles. The van der Waals surface area contributed by atoms with Crippen molar-refractivity contribution in [3.8, 4) is 0 Å². The fraction of sp³-hybridized carbons (Fsp3) is 0.625. The number of hydrogen-bond acceptors (Lipinski definition) is 1. The molecule has 0 spiro atoms. The van der Waals surface area contributed by atoms with E-state index in [4.69, 9.17) is 11.6 Å². The average Bonchev–Trinajstić information content (AvgIpc) is 2.23. The van der Waals surface area contributed by atoms with Gasteiger partial charge < -0.3 is 5.32 Å². The van der Waals surface area contributed by atoms with Gasteiger partial charge in [-0.1, -0.05) is 39.3 Å². The molecule has 0 aliphatic heterocycles. The van der Waals surface area contributed by atoms with Gasteiger partial charge in [0.25, 0.3) is 0 Å². The average molecular weight is 347 g/mol. The second-order valence-corrected chi connectivity index (χ2v) is 7.44. The number of benzene rings is 1. The third-order valence-corrected chi connectivity index (χ3v) is 4.18. The predicted octanol–water partition coefficient (Wildman–Crippen LogP) is 6.28. The summed E-state index contributed by atoms with van der Waals surface area (Å²) in [7, 11) is 0. The Hall–Kier alpha value is -0.210. The number of aryl methyl sites for hydroxylation is 1. The van der Waals surface area contributed by atoms with Crippen LogP contribution in [0.2, 0.25) is 5.02 Å². The highest BCUT2D eigenvalue weighted by molar-refractivity contribution is 9.10. The van der Waals surface area contributed by atoms with Crippen molar-refractivity contribution >= 4 is 33.2 Å². The van der Waals surface area contributed by atoms with E-state index in [1.54, 1.807) is 0 Å². The molecule has 0 fully saturated rings. The minimum atomic E-state index is 0.495. The van der Waals surface area contributed by atoms with Gasteiger partial charge in [0.2, 0.25) is 0 Å². The van der Waals surface area contributed by atoms with Crippen LogP contribution < -0.4 is 5.32 Å². The Balaban J connectivity index is 2.86. The van der Waals surface area contributed by atoms with Crippen LogP contribution in [-0.4, -0.2) is 6.04 Å². The normalized spacial score (nSPS) is 11.7. The summed E-state index contributed by atoms with van der Waals surface area (Å²) in [5.41, 5.74) is 2.20. The van der Waals surface area contributed by atoms with Crippen molar-refractivity contribution in [1.82, 2.24) is 0 Å². The van der Waals surface area contributed by atoms with Crippen molar-refractivity contribution in [3.05, 3.63) is 27.2 Å². The molecule has 1 aromatic rings. The lowest BCUT2D eigenvalue weighted by atomic mass is 9.95. The Bertz CT molecular complexity index is 405. The highest BCUT2D eigenvalue weighted by atomic mass is 79.9. The van der Waals surface area contributed by atoms with E-state index in [9.17, 15) is 0 Å². The topological polar surface area (TPSA) is 12.0 Å². The second kappa shape index (κ2) is 7.54. The van der Waals surface area contributed by atoms with E-state index in [0.717, 1.165) is 20.7 Å². The highest BCUT2D eigenvalue weighted by Gasteiger charge is 2.14. The zero-order valence-electron chi connectivity index (χ0n) is 12.6. The number of rotatable bonds is 6. The molecule has 1 rings (SSSR count). The van der Waals surface area contributed by atoms with Crippen LogP contribution in [0, 0.1) is 18.8 Å². The molecular formula is C16H25BrClN. The van der Waals surface area contributed by atoms with Crippen LogP contribution in [0.1, 0.15) is 46.1 Å². The zero-order valence-corrected chi connectivity index (χ0v) is 14.9. The summed E-state index contributed by atoms with van der Waals surface area (Å²) < 4.78 is 1.09. The Morgan fingerprint density at radius 3 is 2.11 bits per heavy atom. The van der Waals surface area contributed by atoms with Crippen LogP contribution >= 0.6 is 27.5 Å². The van der Waals surface area contributed by atoms with E-state index >= 15 is 0 Å². The van der Waals surface area contributed by atoms with Gasteiger partial charge in [-0.15, -0.1) is 0 Å². The molecule has 0 unspecified atom stereocenters. The Labute approximate surface area is 131 Å². The molecule has 3 heteroatoms. The molecule has 0 aliphatic carbocycles. The zero-order chi connectivity index (χ0) is 14.6. The predicted molar refractivity (Wildman–Crippen MR) is 90.2 cm³/mol. The third kappa shape index (κ3) is 5.74. The summed E-state index contributed by atoms with van der Waals surface area (Å²) in [5, 5.41) is 4.46. The molecular weight excluding hydrogens is 322 g/mol. The maximum atomic E-state index is 6.22. The maximum Gasteiger partial charge on any atom is 0.0501 e. The molecule has 1 aromatic carbocycles. The lowest BCUT2D eigenvalue weighted by molar-refractivity contribution is 0.442. The van der Waals surface area contributed by atoms with E-state index in [-0.39, 0.29) is 0 Å². The summed E-state index contributed by atoms with van der Waals surface area (Å²) in [4.78, 5) is 0. The molecule has 1 nitrogen and oxygen atoms in total. The first-order valence-corrected chi connectivity index (χ1v) is 8.18. The number of halogens is 2. The highest BCUT2D eigenvalue weighted by Crippen LogP contribution is 2.31. The van der Waals surface area contributed by atoms with Crippen LogP contribution in [-0.2, 0) is 0 Å². The van der Waals surface area contributed by atoms with Gasteiger partial charge in [0.1, 0.15) is 0 Å². The first kappa shape index (κ1) is 16.8. The van der Waals surface area contributed by atoms with Crippen LogP contribution in [0.25, 0.3) is 0 Å². The fourth-order valence-corrected chi connectivity index (χ4v) is 3.06. The lowest BCUT2D eigenvalue weighted by Crippen LogP contribution is -2.23. The van der Waals surface area contributed by atoms with Gasteiger partial charge in [0.05, 0.1) is 5.69 Å². The van der Waals surface area contributed by atoms with Crippen LogP contribution in [0.5, 0.6) is 0 Å². The monoisotopic (exact) mass is 345 g/mol. The van der Waals surface area contributed by atoms with Gasteiger partial charge >= 0.3 is 0 Å². The molecule has 0 bridgehead atoms. The molecule has 0 saturated heterocycles. The fourth-order valence-electron chi connectivity index (χ4n) is 2.33. The molecule has 19 heavy (non-hydrogen) atoms. The van der Waals surface area contributed by atoms with E-state index in [2.05, 4.69) is 55.0 Å². The Kier molecular flexibility index (Phi) is 6.68. The van der Waals surface area contributed by atoms with Crippen molar-refractivity contribution in [1.29, 1.82) is 0 Å². The van der Waals surface area contributed by atoms with Crippen LogP contribution in [0.3, 0.4) is 0 Å². The van der Waals surface area contributed by atoms with E-state index in [1.165, 1.54) is 12.8 Å². The van der Waals surface area contributed by atoms with Crippen LogP contribution in [0.15, 0.2) is 16.6 Å². The molecule has 0 heterocycles. The molecule has 0 aliphatic rings. The van der Waals surface area contributed by atoms with Crippen molar-refractivity contribution in [2.24, 2.45) is 11.8 Å². The first-order chi connectivity index (χ1) is 8.79. The lowest BCUT2D eigenvalue weighted by Gasteiger charge is -2.24. The summed E-state index contributed by atoms with van der Waals surface area (Å²) in [5.74, 6) is 1.38. The van der Waals surface area contributed by atoms with Gasteiger partial charge in [0.15, 0.2) is 0 Å². The number of anilines is 1. The standard InChI is InChI=1S/C16H25BrClN/c1-10(2)6-13(7-11(3)4)19-16-9-15(18)12(5)8-14(16)17/h8-11,13,19H,6-7H2,1-5H3. The number of nitrogens with one attached hydrogen (secondary N) is 1. The van der Waals surface area contributed by atoms with Crippen molar-refractivity contribution in [2.75, 3.05) is 5.32 Å². The van der Waals surface area contributed by atoms with Crippen molar-refractivity contribution < 1.29 is 0 Å². The molecule has 0 radical (unpaired) electrons. The molecule has 108 valence electrons. The summed E-state index contributed by atoms with van der Waals surface area (Å²) in [6, 6.07) is 4.59. The minimum absolute atomic E-state index is 0.495. The minimum Gasteiger partial charge on any atom is -0.381 e. The molecule has 0 aromatic heterocycles. The number of hydrogen-bond donors (Lipinski definition) is 1. The van der Waals surface area contributed by atoms with Gasteiger partial charge in [-0.3, -0.25) is 0 Å². The first-order valence-electron chi connectivity index (χ1n) is 7.01. The largest absolute Gasteiger partial charge is 0.381 e. The SMILES string of the molecule is Cc1cc(Br)c(NC(CC(C)C)CC(C)C)cc1Cl. The maximum absolute atomic E-state index is 6.22. The van der Waals surface area contributed by atoms with E-state index in [0.29, 0.717) is 17.9 Å². The summed E-state index contributed by atoms with van der Waals surface area (Å²) >= 11 is 9.84. The summed E-state index contributed by atoms with van der Waals surface area (Å²) in [6.07, 6.45) is 2.35. The van der Waals surface area contributed by atoms with Crippen LogP contribution in [0.4, 0.5) is 5.69 Å². The van der Waals surface area contributed by atoms with E-state index in [1.807, 2.05) is 13.0 Å². The molecule has 0 atom stereocenters. The van der Waals surface area contributed by atoms with Gasteiger partial charge in [0, 0.05) is 15.5 Å². The second-order valence-electron chi connectivity index (χ2n) is 6.18. The smallest absolute Gasteiger partial charge is 0.0501 e. The molecule has 0 amide bonds. The van der Waals surface area contributed by atoms with Gasteiger partial charge in [-0.05, 0) is 65.2 Å². The third-order valence-electron chi connectivity index (χ3n) is 3.12. The van der Waals surface area contributed by atoms with Gasteiger partial charge in [-0.2, -0.15) is 0 Å². The van der Waals surface area contributed by atoms with Crippen molar-refractivity contribution in [3.63, 3.8) is 0 Å². The Morgan fingerprint density at radius 2 is 1.63 bits per heavy atom. The quantitative estimate of drug-likeness (QED) is 0.638. The van der Waals surface area contributed by atoms with Gasteiger partial charge in [-0.25, -0.2) is 0 Å².